The van der Waals surface area contributed by atoms with Gasteiger partial charge in [-0.15, -0.1) is 0 Å². The maximum Gasteiger partial charge on any atom is 0 e. The van der Waals surface area contributed by atoms with Crippen LogP contribution in [0.5, 0.6) is 0 Å². The third kappa shape index (κ3) is 64.9. The molecule has 2 N–H and O–H groups in total. The second-order valence-corrected chi connectivity index (χ2v) is 1.34. The molecule has 7 heteroatoms. The second-order valence-electron chi connectivity index (χ2n) is 0.448. The maximum atomic E-state index is 8.74. The molecule has 0 rings (SSSR count). The zero-order chi connectivity index (χ0) is 4.50. The number of rotatable bonds is 0. The fraction of sp³-hybridized carbons (Fsp3) is 0. The van der Waals surface area contributed by atoms with Crippen LogP contribution in [0.2, 0.25) is 0 Å². The molecule has 0 atom stereocenters. The Labute approximate surface area is 96.0 Å². The van der Waals surface area contributed by atoms with E-state index in [0.29, 0.717) is 0 Å². The number of hydrogen-bond donors (Lipinski definition) is 2. The average molecular weight is 272 g/mol. The van der Waals surface area contributed by atoms with E-state index < -0.39 is 10.4 Å². The standard InChI is InChI=1S/Na.H2O4S.Sm.H/c;1-5(2,3)4;;/h;(H2,1,2,3,4);;. The minimum absolute atomic E-state index is 0. The predicted octanol–water partition coefficient (Wildman–Crippen LogP) is -1.30. The Hall–Kier alpha value is 2.21. The minimum atomic E-state index is -4.67. The van der Waals surface area contributed by atoms with Gasteiger partial charge < -0.3 is 0 Å². The van der Waals surface area contributed by atoms with Gasteiger partial charge in [-0.25, -0.2) is 0 Å². The zero-order valence-corrected chi connectivity index (χ0v) is 5.96. The molecule has 0 aromatic rings. The summed E-state index contributed by atoms with van der Waals surface area (Å²) >= 11 is 0. The quantitative estimate of drug-likeness (QED) is 0.424. The Bertz CT molecular complexity index is 94.9. The normalized spacial score (nSPS) is 8.29. The van der Waals surface area contributed by atoms with Crippen molar-refractivity contribution < 1.29 is 57.9 Å². The monoisotopic (exact) mass is 274 g/mol. The van der Waals surface area contributed by atoms with Crippen molar-refractivity contribution in [3.05, 3.63) is 0 Å². The van der Waals surface area contributed by atoms with Gasteiger partial charge in [-0.2, -0.15) is 8.42 Å². The van der Waals surface area contributed by atoms with Gasteiger partial charge in [-0.3, -0.25) is 9.11 Å². The summed E-state index contributed by atoms with van der Waals surface area (Å²) in [6.07, 6.45) is 0. The topological polar surface area (TPSA) is 74.6 Å². The molecule has 0 radical (unpaired) electrons. The van der Waals surface area contributed by atoms with Crippen molar-refractivity contribution in [1.29, 1.82) is 0 Å². The van der Waals surface area contributed by atoms with Crippen LogP contribution in [0.1, 0.15) is 0 Å². The summed E-state index contributed by atoms with van der Waals surface area (Å²) in [5.74, 6) is 0. The molecule has 0 saturated heterocycles. The largest absolute Gasteiger partial charge is 0 e. The first-order valence-corrected chi connectivity index (χ1v) is 2.10. The van der Waals surface area contributed by atoms with E-state index in [1.165, 1.54) is 0 Å². The Balaban J connectivity index is -0.0000000800. The molecule has 0 amide bonds. The van der Waals surface area contributed by atoms with Crippen LogP contribution in [0.15, 0.2) is 0 Å². The Morgan fingerprint density at radius 3 is 1.14 bits per heavy atom. The van der Waals surface area contributed by atoms with Crippen molar-refractivity contribution in [2.24, 2.45) is 0 Å². The molecule has 0 bridgehead atoms. The summed E-state index contributed by atoms with van der Waals surface area (Å²) in [4.78, 5) is 0. The predicted molar refractivity (Wildman–Crippen MR) is 21.3 cm³/mol. The van der Waals surface area contributed by atoms with Gasteiger partial charge in [0.2, 0.25) is 0 Å². The van der Waals surface area contributed by atoms with Gasteiger partial charge in [-0.05, 0) is 0 Å². The summed E-state index contributed by atoms with van der Waals surface area (Å²) in [5, 5.41) is 0. The van der Waals surface area contributed by atoms with Crippen molar-refractivity contribution in [2.75, 3.05) is 0 Å². The van der Waals surface area contributed by atoms with Gasteiger partial charge in [0, 0.05) is 40.4 Å². The molecule has 0 unspecified atom stereocenters. The van der Waals surface area contributed by atoms with E-state index in [-0.39, 0.29) is 69.9 Å². The van der Waals surface area contributed by atoms with Crippen LogP contribution in [-0.4, -0.2) is 47.1 Å². The van der Waals surface area contributed by atoms with Gasteiger partial charge in [0.1, 0.15) is 0 Å². The molecule has 4 nitrogen and oxygen atoms in total. The first-order valence-electron chi connectivity index (χ1n) is 0.698. The van der Waals surface area contributed by atoms with Crippen LogP contribution >= 0.6 is 0 Å². The molecular formula is H3NaO4SSm. The van der Waals surface area contributed by atoms with E-state index in [0.717, 1.165) is 0 Å². The fourth-order valence-electron chi connectivity index (χ4n) is 0. The average Bonchev–Trinajstić information content (AvgIpc) is 0.722. The van der Waals surface area contributed by atoms with Crippen LogP contribution < -0.4 is 0 Å². The van der Waals surface area contributed by atoms with Crippen LogP contribution in [0.3, 0.4) is 0 Å². The van der Waals surface area contributed by atoms with E-state index in [4.69, 9.17) is 17.5 Å². The van der Waals surface area contributed by atoms with Crippen molar-refractivity contribution in [2.45, 2.75) is 0 Å². The minimum Gasteiger partial charge on any atom is 0 e. The Morgan fingerprint density at radius 2 is 1.14 bits per heavy atom. The first-order chi connectivity index (χ1) is 2.00. The molecule has 7 heavy (non-hydrogen) atoms. The van der Waals surface area contributed by atoms with E-state index >= 15 is 0 Å². The van der Waals surface area contributed by atoms with E-state index in [1.54, 1.807) is 0 Å². The molecule has 0 fully saturated rings. The van der Waals surface area contributed by atoms with Gasteiger partial charge in [0.05, 0.1) is 0 Å². The van der Waals surface area contributed by atoms with E-state index in [2.05, 4.69) is 0 Å². The molecule has 0 aromatic heterocycles. The van der Waals surface area contributed by atoms with Crippen molar-refractivity contribution >= 4 is 40.0 Å². The molecule has 0 aromatic carbocycles. The van der Waals surface area contributed by atoms with E-state index in [9.17, 15) is 0 Å². The Morgan fingerprint density at radius 1 is 1.14 bits per heavy atom. The van der Waals surface area contributed by atoms with Crippen molar-refractivity contribution in [1.82, 2.24) is 0 Å². The molecule has 0 spiro atoms. The summed E-state index contributed by atoms with van der Waals surface area (Å²) in [6.45, 7) is 0. The molecule has 0 saturated carbocycles. The van der Waals surface area contributed by atoms with Crippen molar-refractivity contribution in [3.8, 4) is 0 Å². The molecule has 40 valence electrons. The summed E-state index contributed by atoms with van der Waals surface area (Å²) < 4.78 is 31.6. The van der Waals surface area contributed by atoms with Crippen molar-refractivity contribution in [3.63, 3.8) is 0 Å². The van der Waals surface area contributed by atoms with Gasteiger partial charge in [-0.1, -0.05) is 0 Å². The van der Waals surface area contributed by atoms with Gasteiger partial charge >= 0.3 is 40.0 Å². The first kappa shape index (κ1) is 16.1. The molecule has 0 aliphatic carbocycles. The van der Waals surface area contributed by atoms with Gasteiger partial charge in [0.15, 0.2) is 0 Å². The molecule has 0 aliphatic rings. The Kier molecular flexibility index (Phi) is 14.6. The fourth-order valence-corrected chi connectivity index (χ4v) is 0. The third-order valence-corrected chi connectivity index (χ3v) is 0. The summed E-state index contributed by atoms with van der Waals surface area (Å²) in [6, 6.07) is 0. The number of hydrogen-bond acceptors (Lipinski definition) is 2. The second kappa shape index (κ2) is 6.33. The zero-order valence-electron chi connectivity index (χ0n) is 2.53. The van der Waals surface area contributed by atoms with Crippen LogP contribution in [0.25, 0.3) is 0 Å². The summed E-state index contributed by atoms with van der Waals surface area (Å²) in [7, 11) is -4.67. The van der Waals surface area contributed by atoms with Crippen LogP contribution in [0.4, 0.5) is 0 Å². The third-order valence-electron chi connectivity index (χ3n) is 0. The van der Waals surface area contributed by atoms with Crippen LogP contribution in [0, 0.1) is 40.4 Å². The molecule has 0 heterocycles. The smallest absolute Gasteiger partial charge is 0 e. The molecular weight excluding hydrogens is 269 g/mol. The molecule has 0 aliphatic heterocycles. The SMILES string of the molecule is O=S(=O)(O)O.[NaH].[Sm]. The maximum absolute atomic E-state index is 8.74. The summed E-state index contributed by atoms with van der Waals surface area (Å²) in [5.41, 5.74) is 0. The van der Waals surface area contributed by atoms with E-state index in [1.807, 2.05) is 0 Å². The van der Waals surface area contributed by atoms with Crippen LogP contribution in [-0.2, 0) is 10.4 Å². The van der Waals surface area contributed by atoms with Gasteiger partial charge in [0.25, 0.3) is 0 Å².